The van der Waals surface area contributed by atoms with Gasteiger partial charge in [-0.1, -0.05) is 29.8 Å². The predicted molar refractivity (Wildman–Crippen MR) is 145 cm³/mol. The van der Waals surface area contributed by atoms with Crippen LogP contribution in [0.4, 0.5) is 11.5 Å². The Hall–Kier alpha value is -4.20. The molecule has 5 rings (SSSR count). The Kier molecular flexibility index (Phi) is 7.16. The standard InChI is InChI=1S/C29H31N5O3/c1-3-37-24-14-12-23(13-15-24)31-28(35)22-6-5-17-33(19-22)27-29(36)34(18-21-10-8-20(2)9-11-21)26-25(32-27)7-4-16-30-26/h4,7-16,22H,3,5-6,17-19H2,1-2H3,(H,31,35). The second-order valence-corrected chi connectivity index (χ2v) is 9.39. The van der Waals surface area contributed by atoms with Crippen molar-refractivity contribution in [1.82, 2.24) is 14.5 Å². The van der Waals surface area contributed by atoms with Crippen LogP contribution >= 0.6 is 0 Å². The molecule has 0 radical (unpaired) electrons. The molecular weight excluding hydrogens is 466 g/mol. The number of aromatic nitrogens is 3. The molecule has 0 aliphatic carbocycles. The van der Waals surface area contributed by atoms with Gasteiger partial charge in [0.1, 0.15) is 11.3 Å². The lowest BCUT2D eigenvalue weighted by molar-refractivity contribution is -0.120. The summed E-state index contributed by atoms with van der Waals surface area (Å²) in [5.74, 6) is 0.822. The zero-order valence-corrected chi connectivity index (χ0v) is 21.2. The number of pyridine rings is 1. The first-order chi connectivity index (χ1) is 18.0. The second-order valence-electron chi connectivity index (χ2n) is 9.39. The van der Waals surface area contributed by atoms with Crippen LogP contribution < -0.4 is 20.5 Å². The zero-order chi connectivity index (χ0) is 25.8. The molecule has 1 fully saturated rings. The summed E-state index contributed by atoms with van der Waals surface area (Å²) in [7, 11) is 0. The minimum Gasteiger partial charge on any atom is -0.494 e. The number of piperidine rings is 1. The van der Waals surface area contributed by atoms with Crippen LogP contribution in [0.2, 0.25) is 0 Å². The average molecular weight is 498 g/mol. The first kappa shape index (κ1) is 24.5. The van der Waals surface area contributed by atoms with E-state index in [0.717, 1.165) is 35.4 Å². The molecule has 1 aliphatic heterocycles. The van der Waals surface area contributed by atoms with Crippen molar-refractivity contribution in [2.24, 2.45) is 5.92 Å². The van der Waals surface area contributed by atoms with E-state index >= 15 is 0 Å². The number of carbonyl (C=O) groups is 1. The summed E-state index contributed by atoms with van der Waals surface area (Å²) >= 11 is 0. The van der Waals surface area contributed by atoms with Gasteiger partial charge in [0.2, 0.25) is 5.91 Å². The van der Waals surface area contributed by atoms with Crippen LogP contribution in [0.3, 0.4) is 0 Å². The second kappa shape index (κ2) is 10.8. The third kappa shape index (κ3) is 5.48. The van der Waals surface area contributed by atoms with Crippen LogP contribution in [0.5, 0.6) is 5.75 Å². The molecular formula is C29H31N5O3. The van der Waals surface area contributed by atoms with E-state index in [1.165, 1.54) is 0 Å². The molecule has 8 nitrogen and oxygen atoms in total. The van der Waals surface area contributed by atoms with Gasteiger partial charge in [0.25, 0.3) is 5.56 Å². The van der Waals surface area contributed by atoms with E-state index in [0.29, 0.717) is 43.2 Å². The maximum absolute atomic E-state index is 13.7. The molecule has 0 spiro atoms. The molecule has 1 unspecified atom stereocenters. The molecule has 0 bridgehead atoms. The first-order valence-corrected chi connectivity index (χ1v) is 12.7. The summed E-state index contributed by atoms with van der Waals surface area (Å²) in [6.45, 7) is 6.07. The number of fused-ring (bicyclic) bond motifs is 1. The van der Waals surface area contributed by atoms with Crippen LogP contribution in [0, 0.1) is 12.8 Å². The molecule has 2 aromatic heterocycles. The number of nitrogens with zero attached hydrogens (tertiary/aromatic N) is 4. The number of amides is 1. The molecule has 1 aliphatic rings. The van der Waals surface area contributed by atoms with Crippen LogP contribution in [0.15, 0.2) is 71.7 Å². The monoisotopic (exact) mass is 497 g/mol. The molecule has 1 saturated heterocycles. The maximum atomic E-state index is 13.7. The maximum Gasteiger partial charge on any atom is 0.295 e. The summed E-state index contributed by atoms with van der Waals surface area (Å²) in [4.78, 5) is 37.9. The fraction of sp³-hybridized carbons (Fsp3) is 0.310. The lowest BCUT2D eigenvalue weighted by Gasteiger charge is -2.32. The van der Waals surface area contributed by atoms with Crippen molar-refractivity contribution < 1.29 is 9.53 Å². The Morgan fingerprint density at radius 2 is 1.89 bits per heavy atom. The lowest BCUT2D eigenvalue weighted by atomic mass is 9.97. The van der Waals surface area contributed by atoms with Crippen molar-refractivity contribution >= 4 is 28.6 Å². The molecule has 0 saturated carbocycles. The highest BCUT2D eigenvalue weighted by molar-refractivity contribution is 5.93. The zero-order valence-electron chi connectivity index (χ0n) is 21.2. The number of hydrogen-bond acceptors (Lipinski definition) is 6. The highest BCUT2D eigenvalue weighted by Gasteiger charge is 2.29. The summed E-state index contributed by atoms with van der Waals surface area (Å²) < 4.78 is 7.16. The Balaban J connectivity index is 1.39. The van der Waals surface area contributed by atoms with Gasteiger partial charge in [0.15, 0.2) is 11.5 Å². The highest BCUT2D eigenvalue weighted by atomic mass is 16.5. The minimum absolute atomic E-state index is 0.0590. The topological polar surface area (TPSA) is 89.3 Å². The number of nitrogens with one attached hydrogen (secondary N) is 1. The number of benzene rings is 2. The third-order valence-electron chi connectivity index (χ3n) is 6.67. The van der Waals surface area contributed by atoms with E-state index in [1.807, 2.05) is 79.4 Å². The van der Waals surface area contributed by atoms with Crippen LogP contribution in [-0.4, -0.2) is 40.1 Å². The molecule has 3 heterocycles. The average Bonchev–Trinajstić information content (AvgIpc) is 2.92. The Labute approximate surface area is 215 Å². The molecule has 1 amide bonds. The summed E-state index contributed by atoms with van der Waals surface area (Å²) in [5.41, 5.74) is 3.92. The molecule has 190 valence electrons. The van der Waals surface area contributed by atoms with Gasteiger partial charge in [0.05, 0.1) is 19.1 Å². The molecule has 4 aromatic rings. The van der Waals surface area contributed by atoms with Gasteiger partial charge >= 0.3 is 0 Å². The number of hydrogen-bond donors (Lipinski definition) is 1. The smallest absolute Gasteiger partial charge is 0.295 e. The molecule has 1 atom stereocenters. The third-order valence-corrected chi connectivity index (χ3v) is 6.67. The molecule has 1 N–H and O–H groups in total. The van der Waals surface area contributed by atoms with E-state index < -0.39 is 0 Å². The quantitative estimate of drug-likeness (QED) is 0.407. The summed E-state index contributed by atoms with van der Waals surface area (Å²) in [5, 5.41) is 3.01. The van der Waals surface area contributed by atoms with Crippen molar-refractivity contribution in [3.05, 3.63) is 88.3 Å². The molecule has 8 heteroatoms. The van der Waals surface area contributed by atoms with Gasteiger partial charge in [0, 0.05) is 25.0 Å². The summed E-state index contributed by atoms with van der Waals surface area (Å²) in [6.07, 6.45) is 3.23. The van der Waals surface area contributed by atoms with Crippen molar-refractivity contribution in [2.45, 2.75) is 33.2 Å². The van der Waals surface area contributed by atoms with Crippen molar-refractivity contribution in [3.63, 3.8) is 0 Å². The van der Waals surface area contributed by atoms with Crippen molar-refractivity contribution in [1.29, 1.82) is 0 Å². The number of anilines is 2. The van der Waals surface area contributed by atoms with Gasteiger partial charge in [-0.2, -0.15) is 0 Å². The van der Waals surface area contributed by atoms with Gasteiger partial charge in [-0.15, -0.1) is 0 Å². The fourth-order valence-corrected chi connectivity index (χ4v) is 4.72. The van der Waals surface area contributed by atoms with Crippen molar-refractivity contribution in [3.8, 4) is 5.75 Å². The Morgan fingerprint density at radius 1 is 1.11 bits per heavy atom. The van der Waals surface area contributed by atoms with Crippen LogP contribution in [-0.2, 0) is 11.3 Å². The minimum atomic E-state index is -0.253. The Morgan fingerprint density at radius 3 is 2.65 bits per heavy atom. The lowest BCUT2D eigenvalue weighted by Crippen LogP contribution is -2.44. The van der Waals surface area contributed by atoms with Crippen molar-refractivity contribution in [2.75, 3.05) is 29.9 Å². The van der Waals surface area contributed by atoms with E-state index in [-0.39, 0.29) is 17.4 Å². The van der Waals surface area contributed by atoms with Crippen LogP contribution in [0.25, 0.3) is 11.2 Å². The SMILES string of the molecule is CCOc1ccc(NC(=O)C2CCCN(c3nc4cccnc4n(Cc4ccc(C)cc4)c3=O)C2)cc1. The highest BCUT2D eigenvalue weighted by Crippen LogP contribution is 2.24. The predicted octanol–water partition coefficient (Wildman–Crippen LogP) is 4.40. The normalized spacial score (nSPS) is 15.5. The summed E-state index contributed by atoms with van der Waals surface area (Å²) in [6, 6.07) is 19.2. The van der Waals surface area contributed by atoms with Gasteiger partial charge in [-0.25, -0.2) is 9.97 Å². The largest absolute Gasteiger partial charge is 0.494 e. The number of ether oxygens (including phenoxy) is 1. The van der Waals surface area contributed by atoms with Gasteiger partial charge in [-0.05, 0) is 68.7 Å². The van der Waals surface area contributed by atoms with E-state index in [1.54, 1.807) is 10.8 Å². The first-order valence-electron chi connectivity index (χ1n) is 12.7. The van der Waals surface area contributed by atoms with E-state index in [4.69, 9.17) is 9.72 Å². The van der Waals surface area contributed by atoms with Gasteiger partial charge < -0.3 is 15.0 Å². The number of rotatable bonds is 7. The van der Waals surface area contributed by atoms with Crippen LogP contribution in [0.1, 0.15) is 30.9 Å². The Bertz CT molecular complexity index is 1450. The molecule has 37 heavy (non-hydrogen) atoms. The number of carbonyl (C=O) groups excluding carboxylic acids is 1. The van der Waals surface area contributed by atoms with E-state index in [9.17, 15) is 9.59 Å². The fourth-order valence-electron chi connectivity index (χ4n) is 4.72. The van der Waals surface area contributed by atoms with Gasteiger partial charge in [-0.3, -0.25) is 14.2 Å². The number of aryl methyl sites for hydroxylation is 1. The molecule has 2 aromatic carbocycles. The van der Waals surface area contributed by atoms with E-state index in [2.05, 4.69) is 10.3 Å².